The Labute approximate surface area is 157 Å². The van der Waals surface area contributed by atoms with Crippen LogP contribution in [0.4, 0.5) is 5.00 Å². The molecule has 25 heavy (non-hydrogen) atoms. The van der Waals surface area contributed by atoms with Crippen molar-refractivity contribution in [3.8, 4) is 28.6 Å². The second kappa shape index (κ2) is 6.03. The Morgan fingerprint density at radius 2 is 2.04 bits per heavy atom. The summed E-state index contributed by atoms with van der Waals surface area (Å²) in [5.41, 5.74) is 11.8. The highest BCUT2D eigenvalue weighted by Crippen LogP contribution is 2.44. The second-order valence-corrected chi connectivity index (χ2v) is 7.74. The number of fused-ring (bicyclic) bond motifs is 1. The number of anilines is 1. The van der Waals surface area contributed by atoms with E-state index in [1.54, 1.807) is 0 Å². The quantitative estimate of drug-likeness (QED) is 0.460. The van der Waals surface area contributed by atoms with Crippen LogP contribution in [0.1, 0.15) is 10.4 Å². The van der Waals surface area contributed by atoms with Gasteiger partial charge in [-0.15, -0.1) is 11.3 Å². The molecule has 4 nitrogen and oxygen atoms in total. The van der Waals surface area contributed by atoms with Crippen LogP contribution in [0.15, 0.2) is 46.9 Å². The maximum absolute atomic E-state index is 9.57. The number of benzene rings is 2. The van der Waals surface area contributed by atoms with Gasteiger partial charge in [0.1, 0.15) is 16.8 Å². The van der Waals surface area contributed by atoms with Crippen molar-refractivity contribution in [2.24, 2.45) is 0 Å². The molecule has 0 atom stereocenters. The predicted octanol–water partition coefficient (Wildman–Crippen LogP) is 5.48. The van der Waals surface area contributed by atoms with Crippen molar-refractivity contribution in [3.63, 3.8) is 0 Å². The molecular weight excluding hydrogens is 396 g/mol. The molecule has 0 aliphatic heterocycles. The summed E-state index contributed by atoms with van der Waals surface area (Å²) in [5.74, 6) is 0.686. The minimum atomic E-state index is 0.585. The van der Waals surface area contributed by atoms with E-state index in [9.17, 15) is 5.26 Å². The van der Waals surface area contributed by atoms with Gasteiger partial charge >= 0.3 is 0 Å². The van der Waals surface area contributed by atoms with E-state index in [0.29, 0.717) is 15.7 Å². The molecule has 0 bridgehead atoms. The highest BCUT2D eigenvalue weighted by molar-refractivity contribution is 9.10. The zero-order valence-electron chi connectivity index (χ0n) is 13.3. The number of nitrogen functional groups attached to an aromatic ring is 1. The number of halogens is 1. The predicted molar refractivity (Wildman–Crippen MR) is 106 cm³/mol. The zero-order chi connectivity index (χ0) is 17.6. The average Bonchev–Trinajstić information content (AvgIpc) is 3.14. The number of hydrogen-bond donors (Lipinski definition) is 2. The van der Waals surface area contributed by atoms with Crippen molar-refractivity contribution in [2.75, 3.05) is 5.73 Å². The fraction of sp³-hybridized carbons (Fsp3) is 0.0526. The molecule has 0 amide bonds. The van der Waals surface area contributed by atoms with Crippen LogP contribution >= 0.6 is 27.3 Å². The van der Waals surface area contributed by atoms with Crippen LogP contribution in [-0.2, 0) is 0 Å². The van der Waals surface area contributed by atoms with Crippen LogP contribution in [-0.4, -0.2) is 9.97 Å². The number of nitrogens with zero attached hydrogens (tertiary/aromatic N) is 2. The van der Waals surface area contributed by atoms with Gasteiger partial charge in [0.25, 0.3) is 0 Å². The van der Waals surface area contributed by atoms with Crippen LogP contribution in [0, 0.1) is 18.3 Å². The normalized spacial score (nSPS) is 10.9. The summed E-state index contributed by atoms with van der Waals surface area (Å²) in [6.07, 6.45) is 0. The lowest BCUT2D eigenvalue weighted by Gasteiger charge is -2.05. The maximum Gasteiger partial charge on any atom is 0.142 e. The van der Waals surface area contributed by atoms with Crippen LogP contribution in [0.5, 0.6) is 0 Å². The molecule has 2 aromatic heterocycles. The summed E-state index contributed by atoms with van der Waals surface area (Å²) in [6, 6.07) is 16.2. The number of H-pyrrole nitrogens is 1. The van der Waals surface area contributed by atoms with Crippen LogP contribution in [0.25, 0.3) is 33.5 Å². The molecule has 2 aromatic carbocycles. The van der Waals surface area contributed by atoms with Gasteiger partial charge in [0.05, 0.1) is 21.6 Å². The number of aromatic amines is 1. The SMILES string of the molecule is Cc1ccc2nc(-c3c(N)sc(C#N)c3-c3cccc(Br)c3)[nH]c2c1. The number of nitriles is 1. The van der Waals surface area contributed by atoms with Crippen molar-refractivity contribution in [1.29, 1.82) is 5.26 Å². The third kappa shape index (κ3) is 2.72. The standard InChI is InChI=1S/C19H13BrN4S/c1-10-5-6-13-14(7-10)24-19(23-13)17-16(15(9-21)25-18(17)22)11-3-2-4-12(20)8-11/h2-8H,22H2,1H3,(H,23,24). The molecule has 3 N–H and O–H groups in total. The lowest BCUT2D eigenvalue weighted by Crippen LogP contribution is -1.89. The number of aryl methyl sites for hydroxylation is 1. The molecular formula is C19H13BrN4S. The number of rotatable bonds is 2. The Kier molecular flexibility index (Phi) is 3.83. The number of nitrogens with two attached hydrogens (primary N) is 1. The first-order valence-electron chi connectivity index (χ1n) is 7.62. The first-order valence-corrected chi connectivity index (χ1v) is 9.23. The highest BCUT2D eigenvalue weighted by Gasteiger charge is 2.22. The van der Waals surface area contributed by atoms with Crippen molar-refractivity contribution in [2.45, 2.75) is 6.92 Å². The van der Waals surface area contributed by atoms with E-state index in [0.717, 1.165) is 37.8 Å². The molecule has 0 radical (unpaired) electrons. The van der Waals surface area contributed by atoms with Gasteiger partial charge in [-0.3, -0.25) is 0 Å². The molecule has 0 aliphatic rings. The Balaban J connectivity index is 2.01. The van der Waals surface area contributed by atoms with Gasteiger partial charge in [-0.2, -0.15) is 5.26 Å². The topological polar surface area (TPSA) is 78.5 Å². The third-order valence-electron chi connectivity index (χ3n) is 4.02. The molecule has 4 aromatic rings. The summed E-state index contributed by atoms with van der Waals surface area (Å²) >= 11 is 4.79. The van der Waals surface area contributed by atoms with E-state index >= 15 is 0 Å². The Morgan fingerprint density at radius 3 is 2.80 bits per heavy atom. The van der Waals surface area contributed by atoms with E-state index in [1.165, 1.54) is 11.3 Å². The van der Waals surface area contributed by atoms with Crippen molar-refractivity contribution in [1.82, 2.24) is 9.97 Å². The molecule has 122 valence electrons. The van der Waals surface area contributed by atoms with Crippen molar-refractivity contribution >= 4 is 43.3 Å². The van der Waals surface area contributed by atoms with Crippen LogP contribution in [0.3, 0.4) is 0 Å². The first kappa shape index (κ1) is 15.9. The van der Waals surface area contributed by atoms with E-state index in [4.69, 9.17) is 10.7 Å². The van der Waals surface area contributed by atoms with E-state index in [-0.39, 0.29) is 0 Å². The first-order chi connectivity index (χ1) is 12.1. The number of nitrogens with one attached hydrogen (secondary N) is 1. The second-order valence-electron chi connectivity index (χ2n) is 5.77. The van der Waals surface area contributed by atoms with Gasteiger partial charge in [0, 0.05) is 10.0 Å². The molecule has 4 rings (SSSR count). The molecule has 2 heterocycles. The summed E-state index contributed by atoms with van der Waals surface area (Å²) in [4.78, 5) is 8.63. The van der Waals surface area contributed by atoms with Gasteiger partial charge in [0.15, 0.2) is 0 Å². The highest BCUT2D eigenvalue weighted by atomic mass is 79.9. The molecule has 0 saturated heterocycles. The number of imidazole rings is 1. The third-order valence-corrected chi connectivity index (χ3v) is 5.44. The van der Waals surface area contributed by atoms with Crippen molar-refractivity contribution in [3.05, 3.63) is 57.4 Å². The molecule has 0 saturated carbocycles. The molecule has 6 heteroatoms. The summed E-state index contributed by atoms with van der Waals surface area (Å²) < 4.78 is 0.949. The Morgan fingerprint density at radius 1 is 1.20 bits per heavy atom. The zero-order valence-corrected chi connectivity index (χ0v) is 15.7. The fourth-order valence-corrected chi connectivity index (χ4v) is 4.21. The summed E-state index contributed by atoms with van der Waals surface area (Å²) in [5, 5.41) is 10.2. The lowest BCUT2D eigenvalue weighted by molar-refractivity contribution is 1.34. The minimum absolute atomic E-state index is 0.585. The number of hydrogen-bond acceptors (Lipinski definition) is 4. The molecule has 0 unspecified atom stereocenters. The van der Waals surface area contributed by atoms with Gasteiger partial charge in [0.2, 0.25) is 0 Å². The monoisotopic (exact) mass is 408 g/mol. The van der Waals surface area contributed by atoms with Crippen LogP contribution < -0.4 is 5.73 Å². The average molecular weight is 409 g/mol. The number of thiophene rings is 1. The molecule has 0 spiro atoms. The molecule has 0 aliphatic carbocycles. The largest absolute Gasteiger partial charge is 0.390 e. The van der Waals surface area contributed by atoms with Crippen LogP contribution in [0.2, 0.25) is 0 Å². The van der Waals surface area contributed by atoms with Gasteiger partial charge in [-0.1, -0.05) is 34.1 Å². The Hall–Kier alpha value is -2.62. The van der Waals surface area contributed by atoms with Gasteiger partial charge < -0.3 is 10.7 Å². The molecule has 0 fully saturated rings. The van der Waals surface area contributed by atoms with Gasteiger partial charge in [-0.25, -0.2) is 4.98 Å². The fourth-order valence-electron chi connectivity index (χ4n) is 2.92. The van der Waals surface area contributed by atoms with E-state index < -0.39 is 0 Å². The lowest BCUT2D eigenvalue weighted by atomic mass is 10.0. The Bertz CT molecular complexity index is 1150. The minimum Gasteiger partial charge on any atom is -0.390 e. The van der Waals surface area contributed by atoms with Gasteiger partial charge in [-0.05, 0) is 42.3 Å². The van der Waals surface area contributed by atoms with E-state index in [1.807, 2.05) is 43.3 Å². The maximum atomic E-state index is 9.57. The van der Waals surface area contributed by atoms with Crippen molar-refractivity contribution < 1.29 is 0 Å². The summed E-state index contributed by atoms with van der Waals surface area (Å²) in [7, 11) is 0. The summed E-state index contributed by atoms with van der Waals surface area (Å²) in [6.45, 7) is 2.04. The van der Waals surface area contributed by atoms with E-state index in [2.05, 4.69) is 33.0 Å². The number of aromatic nitrogens is 2. The smallest absolute Gasteiger partial charge is 0.142 e.